The van der Waals surface area contributed by atoms with Crippen molar-refractivity contribution in [3.63, 3.8) is 0 Å². The van der Waals surface area contributed by atoms with Gasteiger partial charge in [0.1, 0.15) is 5.56 Å². The largest absolute Gasteiger partial charge is 0.361 e. The van der Waals surface area contributed by atoms with E-state index >= 15 is 0 Å². The number of fused-ring (bicyclic) bond motifs is 1. The van der Waals surface area contributed by atoms with Gasteiger partial charge in [0.2, 0.25) is 0 Å². The van der Waals surface area contributed by atoms with E-state index in [9.17, 15) is 14.4 Å². The van der Waals surface area contributed by atoms with Crippen LogP contribution in [0.4, 0.5) is 0 Å². The summed E-state index contributed by atoms with van der Waals surface area (Å²) in [5.41, 5.74) is 1.04. The molecule has 7 heteroatoms. The number of aromatic nitrogens is 3. The molecule has 0 aliphatic rings. The lowest BCUT2D eigenvalue weighted by molar-refractivity contribution is 0.0951. The van der Waals surface area contributed by atoms with Gasteiger partial charge in [-0.1, -0.05) is 18.2 Å². The lowest BCUT2D eigenvalue weighted by Crippen LogP contribution is -2.42. The average Bonchev–Trinajstić information content (AvgIpc) is 2.99. The Hall–Kier alpha value is -3.09. The molecule has 0 bridgehead atoms. The van der Waals surface area contributed by atoms with E-state index in [-0.39, 0.29) is 5.56 Å². The minimum atomic E-state index is -0.595. The summed E-state index contributed by atoms with van der Waals surface area (Å²) in [6.07, 6.45) is 3.83. The molecule has 0 unspecified atom stereocenters. The summed E-state index contributed by atoms with van der Waals surface area (Å²) < 4.78 is 2.14. The molecule has 124 valence electrons. The van der Waals surface area contributed by atoms with Crippen molar-refractivity contribution >= 4 is 16.8 Å². The van der Waals surface area contributed by atoms with Gasteiger partial charge in [0.05, 0.1) is 0 Å². The molecule has 7 nitrogen and oxygen atoms in total. The molecule has 24 heavy (non-hydrogen) atoms. The third kappa shape index (κ3) is 2.76. The summed E-state index contributed by atoms with van der Waals surface area (Å²) >= 11 is 0. The molecule has 0 atom stereocenters. The lowest BCUT2D eigenvalue weighted by Gasteiger charge is -2.07. The number of hydrogen-bond acceptors (Lipinski definition) is 3. The fraction of sp³-hybridized carbons (Fsp3) is 0.235. The van der Waals surface area contributed by atoms with E-state index in [1.807, 2.05) is 30.5 Å². The van der Waals surface area contributed by atoms with Crippen LogP contribution in [0, 0.1) is 0 Å². The minimum absolute atomic E-state index is 0.0430. The van der Waals surface area contributed by atoms with E-state index in [0.29, 0.717) is 13.0 Å². The molecule has 0 saturated carbocycles. The van der Waals surface area contributed by atoms with E-state index < -0.39 is 17.2 Å². The van der Waals surface area contributed by atoms with Crippen LogP contribution in [-0.2, 0) is 20.5 Å². The maximum Gasteiger partial charge on any atom is 0.330 e. The second-order valence-corrected chi connectivity index (χ2v) is 5.67. The van der Waals surface area contributed by atoms with E-state index in [1.165, 1.54) is 24.9 Å². The Morgan fingerprint density at radius 2 is 1.96 bits per heavy atom. The predicted octanol–water partition coefficient (Wildman–Crippen LogP) is 0.538. The Bertz CT molecular complexity index is 1030. The van der Waals surface area contributed by atoms with Gasteiger partial charge in [-0.15, -0.1) is 0 Å². The SMILES string of the molecule is Cn1cc(C(=O)NCCc2c[nH]c3ccccc23)c(=O)n(C)c1=O. The Morgan fingerprint density at radius 1 is 1.21 bits per heavy atom. The van der Waals surface area contributed by atoms with Crippen molar-refractivity contribution in [1.29, 1.82) is 0 Å². The molecule has 2 N–H and O–H groups in total. The quantitative estimate of drug-likeness (QED) is 0.733. The number of carbonyl (C=O) groups excluding carboxylic acids is 1. The normalized spacial score (nSPS) is 10.9. The van der Waals surface area contributed by atoms with Gasteiger partial charge >= 0.3 is 5.69 Å². The fourth-order valence-corrected chi connectivity index (χ4v) is 2.71. The number of nitrogens with zero attached hydrogens (tertiary/aromatic N) is 2. The number of amides is 1. The first-order valence-corrected chi connectivity index (χ1v) is 7.59. The molecule has 0 saturated heterocycles. The van der Waals surface area contributed by atoms with Crippen LogP contribution in [0.5, 0.6) is 0 Å². The highest BCUT2D eigenvalue weighted by Gasteiger charge is 2.14. The topological polar surface area (TPSA) is 88.9 Å². The molecule has 0 aliphatic carbocycles. The molecule has 0 aliphatic heterocycles. The maximum absolute atomic E-state index is 12.2. The van der Waals surface area contributed by atoms with Crippen LogP contribution in [0.25, 0.3) is 10.9 Å². The van der Waals surface area contributed by atoms with Crippen molar-refractivity contribution in [2.75, 3.05) is 6.54 Å². The van der Waals surface area contributed by atoms with Gasteiger partial charge in [-0.3, -0.25) is 14.2 Å². The van der Waals surface area contributed by atoms with Crippen LogP contribution in [-0.4, -0.2) is 26.6 Å². The molecule has 0 spiro atoms. The number of carbonyl (C=O) groups is 1. The van der Waals surface area contributed by atoms with Gasteiger partial charge in [0, 0.05) is 43.9 Å². The zero-order chi connectivity index (χ0) is 17.3. The zero-order valence-corrected chi connectivity index (χ0v) is 13.5. The Labute approximate surface area is 137 Å². The molecule has 0 radical (unpaired) electrons. The highest BCUT2D eigenvalue weighted by atomic mass is 16.2. The summed E-state index contributed by atoms with van der Waals surface area (Å²) in [6, 6.07) is 7.93. The first kappa shape index (κ1) is 15.8. The van der Waals surface area contributed by atoms with Crippen LogP contribution in [0.15, 0.2) is 46.2 Å². The van der Waals surface area contributed by atoms with Crippen molar-refractivity contribution in [3.8, 4) is 0 Å². The van der Waals surface area contributed by atoms with Crippen LogP contribution in [0.3, 0.4) is 0 Å². The predicted molar refractivity (Wildman–Crippen MR) is 91.3 cm³/mol. The summed E-state index contributed by atoms with van der Waals surface area (Å²) in [5.74, 6) is -0.481. The molecule has 2 aromatic heterocycles. The molecular weight excluding hydrogens is 308 g/mol. The van der Waals surface area contributed by atoms with Gasteiger partial charge in [0.25, 0.3) is 11.5 Å². The van der Waals surface area contributed by atoms with E-state index in [2.05, 4.69) is 10.3 Å². The zero-order valence-electron chi connectivity index (χ0n) is 13.5. The fourth-order valence-electron chi connectivity index (χ4n) is 2.71. The van der Waals surface area contributed by atoms with Gasteiger partial charge < -0.3 is 14.9 Å². The highest BCUT2D eigenvalue weighted by Crippen LogP contribution is 2.17. The van der Waals surface area contributed by atoms with Crippen molar-refractivity contribution in [3.05, 3.63) is 68.6 Å². The van der Waals surface area contributed by atoms with Gasteiger partial charge in [-0.2, -0.15) is 0 Å². The number of aromatic amines is 1. The number of hydrogen-bond donors (Lipinski definition) is 2. The number of para-hydroxylation sites is 1. The number of aryl methyl sites for hydroxylation is 1. The first-order chi connectivity index (χ1) is 11.5. The van der Waals surface area contributed by atoms with Gasteiger partial charge in [-0.05, 0) is 18.1 Å². The standard InChI is InChI=1S/C17H18N4O3/c1-20-10-13(16(23)21(2)17(20)24)15(22)18-8-7-11-9-19-14-6-4-3-5-12(11)14/h3-6,9-10,19H,7-8H2,1-2H3,(H,18,22). The first-order valence-electron chi connectivity index (χ1n) is 7.59. The summed E-state index contributed by atoms with van der Waals surface area (Å²) in [4.78, 5) is 39.1. The highest BCUT2D eigenvalue weighted by molar-refractivity contribution is 5.93. The van der Waals surface area contributed by atoms with Gasteiger partial charge in [0.15, 0.2) is 0 Å². The van der Waals surface area contributed by atoms with Crippen LogP contribution < -0.4 is 16.6 Å². The summed E-state index contributed by atoms with van der Waals surface area (Å²) in [7, 11) is 2.86. The molecule has 0 fully saturated rings. The van der Waals surface area contributed by atoms with Crippen LogP contribution in [0.1, 0.15) is 15.9 Å². The van der Waals surface area contributed by atoms with E-state index in [4.69, 9.17) is 0 Å². The smallest absolute Gasteiger partial charge is 0.330 e. The lowest BCUT2D eigenvalue weighted by atomic mass is 10.1. The molecule has 3 rings (SSSR count). The second-order valence-electron chi connectivity index (χ2n) is 5.67. The monoisotopic (exact) mass is 326 g/mol. The molecule has 3 aromatic rings. The van der Waals surface area contributed by atoms with Crippen molar-refractivity contribution < 1.29 is 4.79 Å². The van der Waals surface area contributed by atoms with Crippen molar-refractivity contribution in [1.82, 2.24) is 19.4 Å². The third-order valence-electron chi connectivity index (χ3n) is 4.05. The minimum Gasteiger partial charge on any atom is -0.361 e. The van der Waals surface area contributed by atoms with Crippen LogP contribution in [0.2, 0.25) is 0 Å². The van der Waals surface area contributed by atoms with E-state index in [1.54, 1.807) is 0 Å². The van der Waals surface area contributed by atoms with E-state index in [0.717, 1.165) is 21.0 Å². The molecule has 1 aromatic carbocycles. The summed E-state index contributed by atoms with van der Waals surface area (Å²) in [5, 5.41) is 3.85. The van der Waals surface area contributed by atoms with Crippen molar-refractivity contribution in [2.45, 2.75) is 6.42 Å². The molecular formula is C17H18N4O3. The molecule has 2 heterocycles. The third-order valence-corrected chi connectivity index (χ3v) is 4.05. The summed E-state index contributed by atoms with van der Waals surface area (Å²) in [6.45, 7) is 0.396. The van der Waals surface area contributed by atoms with Crippen molar-refractivity contribution in [2.24, 2.45) is 14.1 Å². The number of nitrogens with one attached hydrogen (secondary N) is 2. The second kappa shape index (κ2) is 6.19. The average molecular weight is 326 g/mol. The maximum atomic E-state index is 12.2. The Balaban J connectivity index is 1.73. The number of H-pyrrole nitrogens is 1. The Kier molecular flexibility index (Phi) is 4.07. The van der Waals surface area contributed by atoms with Gasteiger partial charge in [-0.25, -0.2) is 4.79 Å². The number of benzene rings is 1. The Morgan fingerprint density at radius 3 is 2.75 bits per heavy atom. The van der Waals surface area contributed by atoms with Crippen LogP contribution >= 0.6 is 0 Å². The number of rotatable bonds is 4. The molecule has 1 amide bonds.